The van der Waals surface area contributed by atoms with Crippen molar-refractivity contribution in [2.45, 2.75) is 24.6 Å². The summed E-state index contributed by atoms with van der Waals surface area (Å²) in [6.45, 7) is 1.99. The van der Waals surface area contributed by atoms with Gasteiger partial charge in [0.1, 0.15) is 5.75 Å². The van der Waals surface area contributed by atoms with Gasteiger partial charge < -0.3 is 15.6 Å². The van der Waals surface area contributed by atoms with Gasteiger partial charge in [0.15, 0.2) is 0 Å². The number of aliphatic hydroxyl groups excluding tert-OH is 1. The van der Waals surface area contributed by atoms with Crippen molar-refractivity contribution < 1.29 is 14.1 Å². The molecule has 0 aliphatic carbocycles. The zero-order chi connectivity index (χ0) is 19.4. The smallest absolute Gasteiger partial charge is 0.227 e. The molecule has 142 valence electrons. The van der Waals surface area contributed by atoms with Crippen LogP contribution in [0.25, 0.3) is 5.69 Å². The Balaban J connectivity index is 1.79. The number of hydrogen-bond donors (Lipinski definition) is 2. The highest BCUT2D eigenvalue weighted by Crippen LogP contribution is 2.22. The lowest BCUT2D eigenvalue weighted by atomic mass is 10.1. The summed E-state index contributed by atoms with van der Waals surface area (Å²) in [5.41, 5.74) is 8.68. The summed E-state index contributed by atoms with van der Waals surface area (Å²) >= 11 is 0. The molecule has 3 aromatic rings. The number of nitrogens with two attached hydrogens (primary N) is 1. The van der Waals surface area contributed by atoms with Crippen LogP contribution in [-0.4, -0.2) is 43.0 Å². The third kappa shape index (κ3) is 4.53. The van der Waals surface area contributed by atoms with E-state index in [1.807, 2.05) is 31.2 Å². The molecule has 1 unspecified atom stereocenters. The molecule has 0 spiro atoms. The zero-order valence-electron chi connectivity index (χ0n) is 15.2. The fourth-order valence-corrected chi connectivity index (χ4v) is 3.99. The van der Waals surface area contributed by atoms with E-state index in [2.05, 4.69) is 10.2 Å². The number of nitrogens with zero attached hydrogens (tertiary/aromatic N) is 3. The Morgan fingerprint density at radius 3 is 2.74 bits per heavy atom. The maximum atomic E-state index is 12.8. The van der Waals surface area contributed by atoms with Crippen molar-refractivity contribution in [1.29, 1.82) is 0 Å². The molecule has 27 heavy (non-hydrogen) atoms. The SMILES string of the molecule is COc1cccc(-n2c(N)nnc2S(=O)C[C@@H](O)Cc2cccc(C)c2)c1. The topological polar surface area (TPSA) is 103 Å². The molecule has 0 saturated heterocycles. The van der Waals surface area contributed by atoms with Crippen molar-refractivity contribution in [3.63, 3.8) is 0 Å². The van der Waals surface area contributed by atoms with Gasteiger partial charge in [0, 0.05) is 6.07 Å². The predicted molar refractivity (Wildman–Crippen MR) is 104 cm³/mol. The molecule has 3 rings (SSSR count). The third-order valence-corrected chi connectivity index (χ3v) is 5.43. The fourth-order valence-electron chi connectivity index (χ4n) is 2.84. The van der Waals surface area contributed by atoms with Gasteiger partial charge in [0.2, 0.25) is 11.1 Å². The van der Waals surface area contributed by atoms with Gasteiger partial charge in [-0.25, -0.2) is 0 Å². The van der Waals surface area contributed by atoms with Gasteiger partial charge in [-0.3, -0.25) is 8.78 Å². The monoisotopic (exact) mass is 386 g/mol. The van der Waals surface area contributed by atoms with Gasteiger partial charge in [-0.15, -0.1) is 10.2 Å². The molecule has 0 radical (unpaired) electrons. The van der Waals surface area contributed by atoms with Crippen LogP contribution in [0.5, 0.6) is 5.75 Å². The summed E-state index contributed by atoms with van der Waals surface area (Å²) in [6.07, 6.45) is -0.361. The number of ether oxygens (including phenoxy) is 1. The number of benzene rings is 2. The Kier molecular flexibility index (Phi) is 5.88. The average molecular weight is 386 g/mol. The highest BCUT2D eigenvalue weighted by atomic mass is 32.2. The number of aliphatic hydroxyl groups is 1. The molecule has 2 aromatic carbocycles. The molecule has 0 fully saturated rings. The van der Waals surface area contributed by atoms with Crippen LogP contribution >= 0.6 is 0 Å². The summed E-state index contributed by atoms with van der Waals surface area (Å²) in [5, 5.41) is 18.4. The first-order chi connectivity index (χ1) is 13.0. The lowest BCUT2D eigenvalue weighted by molar-refractivity contribution is 0.199. The number of anilines is 1. The van der Waals surface area contributed by atoms with Crippen molar-refractivity contribution in [2.24, 2.45) is 0 Å². The van der Waals surface area contributed by atoms with Crippen LogP contribution in [0.4, 0.5) is 5.95 Å². The largest absolute Gasteiger partial charge is 0.497 e. The zero-order valence-corrected chi connectivity index (χ0v) is 16.0. The number of nitrogen functional groups attached to an aromatic ring is 1. The summed E-state index contributed by atoms with van der Waals surface area (Å²) in [4.78, 5) is 0. The van der Waals surface area contributed by atoms with Crippen molar-refractivity contribution >= 4 is 16.7 Å². The highest BCUT2D eigenvalue weighted by Gasteiger charge is 2.21. The van der Waals surface area contributed by atoms with E-state index in [0.717, 1.165) is 11.1 Å². The van der Waals surface area contributed by atoms with Crippen LogP contribution in [0, 0.1) is 6.92 Å². The minimum Gasteiger partial charge on any atom is -0.497 e. The van der Waals surface area contributed by atoms with E-state index < -0.39 is 16.9 Å². The van der Waals surface area contributed by atoms with Gasteiger partial charge in [-0.05, 0) is 31.0 Å². The molecule has 0 bridgehead atoms. The number of hydrogen-bond acceptors (Lipinski definition) is 6. The Labute approximate surface area is 160 Å². The van der Waals surface area contributed by atoms with Crippen LogP contribution in [-0.2, 0) is 17.2 Å². The molecule has 8 heteroatoms. The van der Waals surface area contributed by atoms with E-state index >= 15 is 0 Å². The Hall–Kier alpha value is -2.71. The molecule has 1 heterocycles. The van der Waals surface area contributed by atoms with E-state index in [-0.39, 0.29) is 16.9 Å². The minimum atomic E-state index is -1.57. The van der Waals surface area contributed by atoms with Crippen molar-refractivity contribution in [1.82, 2.24) is 14.8 Å². The van der Waals surface area contributed by atoms with Crippen molar-refractivity contribution in [3.05, 3.63) is 59.7 Å². The second kappa shape index (κ2) is 8.32. The normalized spacial score (nSPS) is 13.3. The first-order valence-electron chi connectivity index (χ1n) is 8.45. The summed E-state index contributed by atoms with van der Waals surface area (Å²) in [6, 6.07) is 15.0. The summed E-state index contributed by atoms with van der Waals surface area (Å²) in [7, 11) is -0.00891. The summed E-state index contributed by atoms with van der Waals surface area (Å²) in [5.74, 6) is 0.798. The molecule has 0 amide bonds. The van der Waals surface area contributed by atoms with Gasteiger partial charge in [-0.2, -0.15) is 0 Å². The Morgan fingerprint density at radius 2 is 2.00 bits per heavy atom. The number of aryl methyl sites for hydroxylation is 1. The maximum Gasteiger partial charge on any atom is 0.227 e. The minimum absolute atomic E-state index is 0.0377. The molecule has 2 atom stereocenters. The van der Waals surface area contributed by atoms with E-state index in [4.69, 9.17) is 10.5 Å². The van der Waals surface area contributed by atoms with Crippen LogP contribution < -0.4 is 10.5 Å². The highest BCUT2D eigenvalue weighted by molar-refractivity contribution is 7.84. The van der Waals surface area contributed by atoms with E-state index in [9.17, 15) is 9.32 Å². The molecule has 0 aliphatic heterocycles. The number of methoxy groups -OCH3 is 1. The maximum absolute atomic E-state index is 12.8. The van der Waals surface area contributed by atoms with Crippen molar-refractivity contribution in [2.75, 3.05) is 18.6 Å². The van der Waals surface area contributed by atoms with Gasteiger partial charge in [0.05, 0.1) is 35.5 Å². The van der Waals surface area contributed by atoms with E-state index in [0.29, 0.717) is 17.9 Å². The van der Waals surface area contributed by atoms with Crippen LogP contribution in [0.2, 0.25) is 0 Å². The first-order valence-corrected chi connectivity index (χ1v) is 9.77. The molecule has 3 N–H and O–H groups in total. The molecule has 0 aliphatic rings. The third-order valence-electron chi connectivity index (χ3n) is 4.07. The second-order valence-electron chi connectivity index (χ2n) is 6.24. The fraction of sp³-hybridized carbons (Fsp3) is 0.263. The van der Waals surface area contributed by atoms with Crippen molar-refractivity contribution in [3.8, 4) is 11.4 Å². The molecular formula is C19H22N4O3S. The van der Waals surface area contributed by atoms with Crippen LogP contribution in [0.15, 0.2) is 53.7 Å². The first kappa shape index (κ1) is 19.1. The average Bonchev–Trinajstić information content (AvgIpc) is 3.03. The van der Waals surface area contributed by atoms with Crippen LogP contribution in [0.3, 0.4) is 0 Å². The Morgan fingerprint density at radius 1 is 1.22 bits per heavy atom. The molecule has 7 nitrogen and oxygen atoms in total. The van der Waals surface area contributed by atoms with Gasteiger partial charge >= 0.3 is 0 Å². The standard InChI is InChI=1S/C19H22N4O3S/c1-13-5-3-6-14(9-13)10-16(24)12-27(25)19-22-21-18(20)23(19)15-7-4-8-17(11-15)26-2/h3-9,11,16,24H,10,12H2,1-2H3,(H2,20,21)/t16-,27?/m0/s1. The quantitative estimate of drug-likeness (QED) is 0.643. The van der Waals surface area contributed by atoms with Gasteiger partial charge in [0.25, 0.3) is 0 Å². The molecular weight excluding hydrogens is 364 g/mol. The Bertz CT molecular complexity index is 958. The molecule has 0 saturated carbocycles. The van der Waals surface area contributed by atoms with Gasteiger partial charge in [-0.1, -0.05) is 35.9 Å². The van der Waals surface area contributed by atoms with Crippen LogP contribution in [0.1, 0.15) is 11.1 Å². The lowest BCUT2D eigenvalue weighted by Gasteiger charge is -2.12. The number of aromatic nitrogens is 3. The number of rotatable bonds is 7. The van der Waals surface area contributed by atoms with E-state index in [1.165, 1.54) is 4.57 Å². The lowest BCUT2D eigenvalue weighted by Crippen LogP contribution is -2.21. The predicted octanol–water partition coefficient (Wildman–Crippen LogP) is 1.88. The summed E-state index contributed by atoms with van der Waals surface area (Å²) < 4.78 is 19.5. The second-order valence-corrected chi connectivity index (χ2v) is 7.63. The molecule has 1 aromatic heterocycles. The van der Waals surface area contributed by atoms with E-state index in [1.54, 1.807) is 31.4 Å².